The van der Waals surface area contributed by atoms with Gasteiger partial charge in [0.25, 0.3) is 0 Å². The SMILES string of the molecule is CN[C@H]1C[C@@H](Nc2c(-c3ncc(C)s3)cnc3[nH]ccc23)C1. The maximum atomic E-state index is 4.54. The summed E-state index contributed by atoms with van der Waals surface area (Å²) in [6.07, 6.45) is 8.10. The molecular formula is C16H19N5S. The molecule has 1 saturated carbocycles. The van der Waals surface area contributed by atoms with Crippen molar-refractivity contribution in [3.63, 3.8) is 0 Å². The lowest BCUT2D eigenvalue weighted by Gasteiger charge is -2.36. The Morgan fingerprint density at radius 1 is 1.23 bits per heavy atom. The van der Waals surface area contributed by atoms with Gasteiger partial charge >= 0.3 is 0 Å². The number of thiazole rings is 1. The van der Waals surface area contributed by atoms with Crippen molar-refractivity contribution in [2.75, 3.05) is 12.4 Å². The van der Waals surface area contributed by atoms with Crippen LogP contribution >= 0.6 is 11.3 Å². The highest BCUT2D eigenvalue weighted by Crippen LogP contribution is 2.37. The molecule has 5 nitrogen and oxygen atoms in total. The second-order valence-corrected chi connectivity index (χ2v) is 7.10. The third-order valence-corrected chi connectivity index (χ3v) is 5.28. The Labute approximate surface area is 133 Å². The van der Waals surface area contributed by atoms with Crippen molar-refractivity contribution < 1.29 is 0 Å². The molecule has 1 aliphatic rings. The van der Waals surface area contributed by atoms with E-state index in [0.717, 1.165) is 40.1 Å². The van der Waals surface area contributed by atoms with Crippen LogP contribution in [0.25, 0.3) is 21.6 Å². The lowest BCUT2D eigenvalue weighted by molar-refractivity contribution is 0.327. The summed E-state index contributed by atoms with van der Waals surface area (Å²) in [5.74, 6) is 0. The van der Waals surface area contributed by atoms with Gasteiger partial charge in [-0.3, -0.25) is 0 Å². The minimum atomic E-state index is 0.512. The smallest absolute Gasteiger partial charge is 0.139 e. The third kappa shape index (κ3) is 2.28. The molecule has 0 aliphatic heterocycles. The summed E-state index contributed by atoms with van der Waals surface area (Å²) < 4.78 is 0. The van der Waals surface area contributed by atoms with Gasteiger partial charge in [-0.25, -0.2) is 9.97 Å². The van der Waals surface area contributed by atoms with Crippen molar-refractivity contribution in [2.24, 2.45) is 0 Å². The third-order valence-electron chi connectivity index (χ3n) is 4.33. The van der Waals surface area contributed by atoms with Gasteiger partial charge in [-0.15, -0.1) is 11.3 Å². The first-order chi connectivity index (χ1) is 10.7. The molecule has 114 valence electrons. The van der Waals surface area contributed by atoms with Gasteiger partial charge in [0.1, 0.15) is 10.7 Å². The van der Waals surface area contributed by atoms with E-state index in [2.05, 4.69) is 38.6 Å². The number of fused-ring (bicyclic) bond motifs is 1. The van der Waals surface area contributed by atoms with Gasteiger partial charge in [0.15, 0.2) is 0 Å². The molecule has 3 aromatic heterocycles. The molecule has 3 heterocycles. The minimum absolute atomic E-state index is 0.512. The predicted octanol–water partition coefficient (Wildman–Crippen LogP) is 3.16. The second kappa shape index (κ2) is 5.37. The van der Waals surface area contributed by atoms with Gasteiger partial charge in [0, 0.05) is 40.9 Å². The van der Waals surface area contributed by atoms with E-state index in [9.17, 15) is 0 Å². The maximum Gasteiger partial charge on any atom is 0.139 e. The van der Waals surface area contributed by atoms with Crippen molar-refractivity contribution in [3.05, 3.63) is 29.5 Å². The van der Waals surface area contributed by atoms with Crippen LogP contribution in [0.3, 0.4) is 0 Å². The van der Waals surface area contributed by atoms with Crippen LogP contribution in [0.2, 0.25) is 0 Å². The summed E-state index contributed by atoms with van der Waals surface area (Å²) in [4.78, 5) is 13.5. The number of hydrogen-bond acceptors (Lipinski definition) is 5. The van der Waals surface area contributed by atoms with Gasteiger partial charge in [-0.2, -0.15) is 0 Å². The van der Waals surface area contributed by atoms with E-state index in [0.29, 0.717) is 12.1 Å². The number of hydrogen-bond donors (Lipinski definition) is 3. The molecule has 0 spiro atoms. The standard InChI is InChI=1S/C16H19N5S/c1-9-7-20-16(22-9)13-8-19-15-12(3-4-18-15)14(13)21-11-5-10(6-11)17-2/h3-4,7-8,10-11,17H,5-6H2,1-2H3,(H2,18,19,21)/t10-,11+. The molecule has 6 heteroatoms. The van der Waals surface area contributed by atoms with E-state index in [1.54, 1.807) is 11.3 Å². The normalized spacial score (nSPS) is 21.0. The number of anilines is 1. The predicted molar refractivity (Wildman–Crippen MR) is 91.4 cm³/mol. The van der Waals surface area contributed by atoms with Crippen molar-refractivity contribution in [1.82, 2.24) is 20.3 Å². The van der Waals surface area contributed by atoms with E-state index in [1.165, 1.54) is 4.88 Å². The molecule has 22 heavy (non-hydrogen) atoms. The van der Waals surface area contributed by atoms with E-state index >= 15 is 0 Å². The number of aryl methyl sites for hydroxylation is 1. The molecule has 0 atom stereocenters. The molecule has 0 saturated heterocycles. The second-order valence-electron chi connectivity index (χ2n) is 5.86. The van der Waals surface area contributed by atoms with Gasteiger partial charge in [-0.05, 0) is 32.9 Å². The first-order valence-corrected chi connectivity index (χ1v) is 8.39. The van der Waals surface area contributed by atoms with Crippen LogP contribution in [0.4, 0.5) is 5.69 Å². The first-order valence-electron chi connectivity index (χ1n) is 7.57. The van der Waals surface area contributed by atoms with Gasteiger partial charge in [0.05, 0.1) is 11.3 Å². The molecule has 1 aliphatic carbocycles. The molecule has 0 radical (unpaired) electrons. The number of H-pyrrole nitrogens is 1. The average Bonchev–Trinajstić information content (AvgIpc) is 3.10. The van der Waals surface area contributed by atoms with Crippen molar-refractivity contribution >= 4 is 28.1 Å². The zero-order valence-electron chi connectivity index (χ0n) is 12.7. The summed E-state index contributed by atoms with van der Waals surface area (Å²) in [6.45, 7) is 2.08. The molecule has 1 fully saturated rings. The van der Waals surface area contributed by atoms with Gasteiger partial charge < -0.3 is 15.6 Å². The summed E-state index contributed by atoms with van der Waals surface area (Å²) in [5, 5.41) is 9.21. The summed E-state index contributed by atoms with van der Waals surface area (Å²) in [7, 11) is 2.03. The molecule has 3 aromatic rings. The lowest BCUT2D eigenvalue weighted by atomic mass is 9.86. The Kier molecular flexibility index (Phi) is 3.35. The van der Waals surface area contributed by atoms with E-state index < -0.39 is 0 Å². The van der Waals surface area contributed by atoms with Crippen molar-refractivity contribution in [2.45, 2.75) is 31.8 Å². The number of pyridine rings is 1. The highest BCUT2D eigenvalue weighted by Gasteiger charge is 2.29. The van der Waals surface area contributed by atoms with Crippen LogP contribution in [0.15, 0.2) is 24.7 Å². The highest BCUT2D eigenvalue weighted by molar-refractivity contribution is 7.15. The van der Waals surface area contributed by atoms with Crippen molar-refractivity contribution in [3.8, 4) is 10.6 Å². The fraction of sp³-hybridized carbons (Fsp3) is 0.375. The zero-order valence-corrected chi connectivity index (χ0v) is 13.5. The molecule has 3 N–H and O–H groups in total. The van der Waals surface area contributed by atoms with Crippen molar-refractivity contribution in [1.29, 1.82) is 0 Å². The van der Waals surface area contributed by atoms with E-state index in [4.69, 9.17) is 0 Å². The first kappa shape index (κ1) is 13.7. The number of aromatic amines is 1. The Bertz CT molecular complexity index is 800. The number of rotatable bonds is 4. The van der Waals surface area contributed by atoms with Crippen LogP contribution in [0.1, 0.15) is 17.7 Å². The molecule has 0 aromatic carbocycles. The topological polar surface area (TPSA) is 65.6 Å². The summed E-state index contributed by atoms with van der Waals surface area (Å²) in [5.41, 5.74) is 3.17. The summed E-state index contributed by atoms with van der Waals surface area (Å²) in [6, 6.07) is 3.23. The largest absolute Gasteiger partial charge is 0.381 e. The van der Waals surface area contributed by atoms with Crippen LogP contribution < -0.4 is 10.6 Å². The van der Waals surface area contributed by atoms with Crippen LogP contribution in [0, 0.1) is 6.92 Å². The van der Waals surface area contributed by atoms with Crippen LogP contribution in [0.5, 0.6) is 0 Å². The quantitative estimate of drug-likeness (QED) is 0.692. The van der Waals surface area contributed by atoms with Crippen LogP contribution in [-0.2, 0) is 0 Å². The Balaban J connectivity index is 1.74. The Morgan fingerprint density at radius 2 is 2.09 bits per heavy atom. The van der Waals surface area contributed by atoms with E-state index in [1.807, 2.05) is 25.6 Å². The monoisotopic (exact) mass is 313 g/mol. The fourth-order valence-corrected chi connectivity index (χ4v) is 3.76. The highest BCUT2D eigenvalue weighted by atomic mass is 32.1. The number of nitrogens with zero attached hydrogens (tertiary/aromatic N) is 2. The summed E-state index contributed by atoms with van der Waals surface area (Å²) >= 11 is 1.71. The average molecular weight is 313 g/mol. The molecule has 0 bridgehead atoms. The lowest BCUT2D eigenvalue weighted by Crippen LogP contribution is -2.46. The zero-order chi connectivity index (χ0) is 15.1. The maximum absolute atomic E-state index is 4.54. The minimum Gasteiger partial charge on any atom is -0.381 e. The Hall–Kier alpha value is -1.92. The Morgan fingerprint density at radius 3 is 2.82 bits per heavy atom. The van der Waals surface area contributed by atoms with Gasteiger partial charge in [0.2, 0.25) is 0 Å². The molecule has 0 amide bonds. The number of nitrogens with one attached hydrogen (secondary N) is 3. The fourth-order valence-electron chi connectivity index (χ4n) is 2.98. The van der Waals surface area contributed by atoms with Gasteiger partial charge in [-0.1, -0.05) is 0 Å². The van der Waals surface area contributed by atoms with E-state index in [-0.39, 0.29) is 0 Å². The van der Waals surface area contributed by atoms with Crippen LogP contribution in [-0.4, -0.2) is 34.1 Å². The molecule has 4 rings (SSSR count). The molecule has 0 unspecified atom stereocenters. The number of aromatic nitrogens is 3. The molecular weight excluding hydrogens is 294 g/mol.